The Kier molecular flexibility index (Phi) is 1.46. The fourth-order valence-corrected chi connectivity index (χ4v) is 1.83. The highest BCUT2D eigenvalue weighted by Gasteiger charge is 2.02. The summed E-state index contributed by atoms with van der Waals surface area (Å²) in [7, 11) is 0. The second kappa shape index (κ2) is 2.34. The van der Waals surface area contributed by atoms with Crippen molar-refractivity contribution in [3.05, 3.63) is 28.4 Å². The summed E-state index contributed by atoms with van der Waals surface area (Å²) in [5.74, 6) is 0. The van der Waals surface area contributed by atoms with Gasteiger partial charge in [-0.1, -0.05) is 22.0 Å². The molecule has 1 aromatic carbocycles. The van der Waals surface area contributed by atoms with E-state index < -0.39 is 0 Å². The summed E-state index contributed by atoms with van der Waals surface area (Å²) in [4.78, 5) is 0. The van der Waals surface area contributed by atoms with Crippen LogP contribution >= 0.6 is 15.9 Å². The maximum absolute atomic E-state index is 4.12. The van der Waals surface area contributed by atoms with Gasteiger partial charge in [0.15, 0.2) is 0 Å². The molecule has 56 valence electrons. The number of aromatic nitrogens is 2. The fourth-order valence-electron chi connectivity index (χ4n) is 1.18. The predicted molar refractivity (Wildman–Crippen MR) is 48.5 cm³/mol. The molecule has 0 bridgehead atoms. The molecular formula is C8H7BrN2. The minimum atomic E-state index is 1.01. The van der Waals surface area contributed by atoms with E-state index in [1.807, 2.05) is 25.1 Å². The zero-order valence-electron chi connectivity index (χ0n) is 6.06. The van der Waals surface area contributed by atoms with E-state index in [0.717, 1.165) is 15.7 Å². The number of nitrogens with one attached hydrogen (secondary N) is 1. The van der Waals surface area contributed by atoms with Crippen LogP contribution in [0.15, 0.2) is 22.7 Å². The molecule has 0 saturated carbocycles. The summed E-state index contributed by atoms with van der Waals surface area (Å²) in [5.41, 5.74) is 2.12. The minimum absolute atomic E-state index is 1.01. The van der Waals surface area contributed by atoms with Crippen molar-refractivity contribution >= 4 is 26.8 Å². The van der Waals surface area contributed by atoms with Crippen LogP contribution in [0.4, 0.5) is 0 Å². The molecule has 0 aliphatic carbocycles. The summed E-state index contributed by atoms with van der Waals surface area (Å²) in [6.45, 7) is 2.01. The van der Waals surface area contributed by atoms with E-state index in [2.05, 4.69) is 26.1 Å². The molecule has 0 fully saturated rings. The molecule has 0 radical (unpaired) electrons. The maximum atomic E-state index is 4.12. The van der Waals surface area contributed by atoms with Gasteiger partial charge in [0.25, 0.3) is 0 Å². The third kappa shape index (κ3) is 0.959. The smallest absolute Gasteiger partial charge is 0.0935 e. The molecule has 1 aromatic heterocycles. The molecule has 3 heteroatoms. The first-order valence-corrected chi connectivity index (χ1v) is 4.17. The van der Waals surface area contributed by atoms with E-state index in [0.29, 0.717) is 0 Å². The normalized spacial score (nSPS) is 10.7. The minimum Gasteiger partial charge on any atom is -0.282 e. The Balaban J connectivity index is 2.96. The molecule has 11 heavy (non-hydrogen) atoms. The molecule has 1 heterocycles. The molecule has 0 aliphatic heterocycles. The molecule has 0 unspecified atom stereocenters. The highest BCUT2D eigenvalue weighted by atomic mass is 79.9. The molecule has 2 rings (SSSR count). The molecule has 2 aromatic rings. The number of aryl methyl sites for hydroxylation is 1. The van der Waals surface area contributed by atoms with Gasteiger partial charge in [-0.15, -0.1) is 0 Å². The standard InChI is InChI=1S/C8H7BrN2/c1-5-8-6(9)3-2-4-7(8)11-10-5/h2-4H,1H3,(H,10,11). The Labute approximate surface area is 72.7 Å². The van der Waals surface area contributed by atoms with Crippen LogP contribution in [0, 0.1) is 6.92 Å². The van der Waals surface area contributed by atoms with Gasteiger partial charge in [-0.25, -0.2) is 0 Å². The van der Waals surface area contributed by atoms with Crippen LogP contribution in [0.25, 0.3) is 10.9 Å². The van der Waals surface area contributed by atoms with Crippen LogP contribution < -0.4 is 0 Å². The highest BCUT2D eigenvalue weighted by molar-refractivity contribution is 9.10. The molecule has 2 nitrogen and oxygen atoms in total. The van der Waals surface area contributed by atoms with Crippen molar-refractivity contribution in [2.75, 3.05) is 0 Å². The van der Waals surface area contributed by atoms with Crippen molar-refractivity contribution in [3.63, 3.8) is 0 Å². The third-order valence-electron chi connectivity index (χ3n) is 1.71. The monoisotopic (exact) mass is 210 g/mol. The lowest BCUT2D eigenvalue weighted by atomic mass is 10.2. The van der Waals surface area contributed by atoms with Crippen LogP contribution in [-0.2, 0) is 0 Å². The van der Waals surface area contributed by atoms with Gasteiger partial charge in [-0.3, -0.25) is 5.10 Å². The first-order valence-electron chi connectivity index (χ1n) is 3.38. The van der Waals surface area contributed by atoms with Gasteiger partial charge in [-0.2, -0.15) is 5.10 Å². The molecule has 1 N–H and O–H groups in total. The SMILES string of the molecule is Cc1[nH]nc2cccc(Br)c12. The second-order valence-electron chi connectivity index (χ2n) is 2.48. The van der Waals surface area contributed by atoms with Crippen LogP contribution in [0.3, 0.4) is 0 Å². The van der Waals surface area contributed by atoms with Gasteiger partial charge < -0.3 is 0 Å². The second-order valence-corrected chi connectivity index (χ2v) is 3.34. The number of aromatic amines is 1. The van der Waals surface area contributed by atoms with E-state index in [9.17, 15) is 0 Å². The van der Waals surface area contributed by atoms with Crippen LogP contribution in [0.5, 0.6) is 0 Å². The highest BCUT2D eigenvalue weighted by Crippen LogP contribution is 2.24. The van der Waals surface area contributed by atoms with Crippen LogP contribution in [-0.4, -0.2) is 10.2 Å². The first-order chi connectivity index (χ1) is 5.29. The molecule has 0 amide bonds. The van der Waals surface area contributed by atoms with Crippen molar-refractivity contribution in [3.8, 4) is 0 Å². The van der Waals surface area contributed by atoms with E-state index in [4.69, 9.17) is 0 Å². The summed E-state index contributed by atoms with van der Waals surface area (Å²) < 4.78 is 1.10. The number of nitrogens with zero attached hydrogens (tertiary/aromatic N) is 1. The average Bonchev–Trinajstić information content (AvgIpc) is 2.34. The number of hydrogen-bond donors (Lipinski definition) is 1. The largest absolute Gasteiger partial charge is 0.282 e. The van der Waals surface area contributed by atoms with E-state index in [1.54, 1.807) is 0 Å². The van der Waals surface area contributed by atoms with E-state index in [-0.39, 0.29) is 0 Å². The fraction of sp³-hybridized carbons (Fsp3) is 0.125. The lowest BCUT2D eigenvalue weighted by molar-refractivity contribution is 1.07. The van der Waals surface area contributed by atoms with Crippen LogP contribution in [0.1, 0.15) is 5.69 Å². The van der Waals surface area contributed by atoms with Gasteiger partial charge in [0.2, 0.25) is 0 Å². The number of halogens is 1. The Morgan fingerprint density at radius 1 is 1.45 bits per heavy atom. The predicted octanol–water partition coefficient (Wildman–Crippen LogP) is 2.63. The van der Waals surface area contributed by atoms with Crippen molar-refractivity contribution in [1.82, 2.24) is 10.2 Å². The lowest BCUT2D eigenvalue weighted by Crippen LogP contribution is -1.71. The molecular weight excluding hydrogens is 204 g/mol. The maximum Gasteiger partial charge on any atom is 0.0935 e. The first kappa shape index (κ1) is 6.85. The van der Waals surface area contributed by atoms with Gasteiger partial charge in [-0.05, 0) is 19.1 Å². The van der Waals surface area contributed by atoms with Gasteiger partial charge in [0.05, 0.1) is 5.52 Å². The van der Waals surface area contributed by atoms with E-state index in [1.165, 1.54) is 5.39 Å². The Morgan fingerprint density at radius 3 is 3.00 bits per heavy atom. The number of fused-ring (bicyclic) bond motifs is 1. The Hall–Kier alpha value is -0.830. The van der Waals surface area contributed by atoms with Crippen molar-refractivity contribution in [2.24, 2.45) is 0 Å². The molecule has 0 saturated heterocycles. The quantitative estimate of drug-likeness (QED) is 0.712. The Bertz CT molecular complexity index is 392. The molecule has 0 atom stereocenters. The summed E-state index contributed by atoms with van der Waals surface area (Å²) >= 11 is 3.47. The molecule has 0 spiro atoms. The number of hydrogen-bond acceptors (Lipinski definition) is 1. The average molecular weight is 211 g/mol. The summed E-state index contributed by atoms with van der Waals surface area (Å²) in [6, 6.07) is 5.99. The summed E-state index contributed by atoms with van der Waals surface area (Å²) in [5, 5.41) is 8.24. The Morgan fingerprint density at radius 2 is 2.27 bits per heavy atom. The van der Waals surface area contributed by atoms with Gasteiger partial charge >= 0.3 is 0 Å². The summed E-state index contributed by atoms with van der Waals surface area (Å²) in [6.07, 6.45) is 0. The van der Waals surface area contributed by atoms with Gasteiger partial charge in [0.1, 0.15) is 0 Å². The van der Waals surface area contributed by atoms with Gasteiger partial charge in [0, 0.05) is 15.6 Å². The lowest BCUT2D eigenvalue weighted by Gasteiger charge is -1.91. The van der Waals surface area contributed by atoms with Crippen LogP contribution in [0.2, 0.25) is 0 Å². The number of benzene rings is 1. The zero-order valence-corrected chi connectivity index (χ0v) is 7.64. The number of H-pyrrole nitrogens is 1. The van der Waals surface area contributed by atoms with Crippen molar-refractivity contribution in [2.45, 2.75) is 6.92 Å². The zero-order chi connectivity index (χ0) is 7.84. The third-order valence-corrected chi connectivity index (χ3v) is 2.37. The van der Waals surface area contributed by atoms with Crippen molar-refractivity contribution < 1.29 is 0 Å². The topological polar surface area (TPSA) is 28.7 Å². The molecule has 0 aliphatic rings. The van der Waals surface area contributed by atoms with Crippen molar-refractivity contribution in [1.29, 1.82) is 0 Å². The van der Waals surface area contributed by atoms with E-state index >= 15 is 0 Å². The number of rotatable bonds is 0.